The van der Waals surface area contributed by atoms with Crippen molar-refractivity contribution in [2.75, 3.05) is 10.6 Å². The van der Waals surface area contributed by atoms with E-state index in [1.54, 1.807) is 30.5 Å². The molecule has 0 aliphatic carbocycles. The molecule has 0 radical (unpaired) electrons. The third-order valence-corrected chi connectivity index (χ3v) is 4.16. The molecule has 0 atom stereocenters. The summed E-state index contributed by atoms with van der Waals surface area (Å²) >= 11 is 1.46. The Kier molecular flexibility index (Phi) is 5.15. The number of nitrogens with one attached hydrogen (secondary N) is 2. The average Bonchev–Trinajstić information content (AvgIpc) is 3.03. The summed E-state index contributed by atoms with van der Waals surface area (Å²) in [5.74, 6) is -0.328. The maximum Gasteiger partial charge on any atom is 0.230 e. The molecule has 126 valence electrons. The number of rotatable bonds is 5. The summed E-state index contributed by atoms with van der Waals surface area (Å²) < 4.78 is 0. The second-order valence-electron chi connectivity index (χ2n) is 5.35. The van der Waals surface area contributed by atoms with Gasteiger partial charge in [0.15, 0.2) is 0 Å². The predicted octanol–water partition coefficient (Wildman–Crippen LogP) is 3.34. The largest absolute Gasteiger partial charge is 0.326 e. The normalized spacial score (nSPS) is 10.3. The van der Waals surface area contributed by atoms with Crippen LogP contribution in [0.15, 0.2) is 54.0 Å². The van der Waals surface area contributed by atoms with E-state index in [4.69, 9.17) is 0 Å². The molecule has 0 unspecified atom stereocenters. The van der Waals surface area contributed by atoms with Crippen LogP contribution in [0.2, 0.25) is 0 Å². The maximum atomic E-state index is 12.2. The lowest BCUT2D eigenvalue weighted by Gasteiger charge is -2.07. The first-order valence-corrected chi connectivity index (χ1v) is 8.51. The number of benzene rings is 1. The molecule has 0 aliphatic rings. The van der Waals surface area contributed by atoms with Crippen molar-refractivity contribution in [1.82, 2.24) is 9.97 Å². The summed E-state index contributed by atoms with van der Waals surface area (Å²) in [4.78, 5) is 32.0. The average molecular weight is 352 g/mol. The fraction of sp³-hybridized carbons (Fsp3) is 0.111. The molecule has 0 fully saturated rings. The van der Waals surface area contributed by atoms with Gasteiger partial charge in [0, 0.05) is 29.9 Å². The first kappa shape index (κ1) is 16.8. The fourth-order valence-corrected chi connectivity index (χ4v) is 3.04. The van der Waals surface area contributed by atoms with Crippen LogP contribution in [0, 0.1) is 0 Å². The molecule has 2 heterocycles. The number of nitrogens with zero attached hydrogens (tertiary/aromatic N) is 2. The number of amides is 2. The first-order chi connectivity index (χ1) is 12.1. The third-order valence-electron chi connectivity index (χ3n) is 3.24. The molecule has 2 N–H and O–H groups in total. The summed E-state index contributed by atoms with van der Waals surface area (Å²) in [6.45, 7) is 1.44. The van der Waals surface area contributed by atoms with Gasteiger partial charge in [-0.05, 0) is 30.3 Å². The quantitative estimate of drug-likeness (QED) is 0.737. The number of hydrogen-bond acceptors (Lipinski definition) is 5. The number of anilines is 2. The Morgan fingerprint density at radius 1 is 1.08 bits per heavy atom. The van der Waals surface area contributed by atoms with Gasteiger partial charge in [0.25, 0.3) is 0 Å². The van der Waals surface area contributed by atoms with Crippen molar-refractivity contribution in [2.24, 2.45) is 0 Å². The van der Waals surface area contributed by atoms with Crippen molar-refractivity contribution in [3.63, 3.8) is 0 Å². The highest BCUT2D eigenvalue weighted by atomic mass is 32.1. The Labute approximate surface area is 149 Å². The Morgan fingerprint density at radius 3 is 2.60 bits per heavy atom. The standard InChI is InChI=1S/C18H16N4O2S/c1-12(23)20-13-5-4-6-14(9-13)21-17(24)10-15-11-25-18(22-15)16-7-2-3-8-19-16/h2-9,11H,10H2,1H3,(H,20,23)(H,21,24). The smallest absolute Gasteiger partial charge is 0.230 e. The van der Waals surface area contributed by atoms with Gasteiger partial charge in [0.1, 0.15) is 5.01 Å². The van der Waals surface area contributed by atoms with Crippen LogP contribution in [0.5, 0.6) is 0 Å². The zero-order valence-electron chi connectivity index (χ0n) is 13.5. The monoisotopic (exact) mass is 352 g/mol. The SMILES string of the molecule is CC(=O)Nc1cccc(NC(=O)Cc2csc(-c3ccccn3)n2)c1. The number of aromatic nitrogens is 2. The molecule has 0 spiro atoms. The van der Waals surface area contributed by atoms with Gasteiger partial charge in [-0.2, -0.15) is 0 Å². The Morgan fingerprint density at radius 2 is 1.88 bits per heavy atom. The van der Waals surface area contributed by atoms with E-state index < -0.39 is 0 Å². The lowest BCUT2D eigenvalue weighted by molar-refractivity contribution is -0.116. The number of hydrogen-bond donors (Lipinski definition) is 2. The molecule has 2 aromatic heterocycles. The van der Waals surface area contributed by atoms with Crippen LogP contribution in [0.3, 0.4) is 0 Å². The molecule has 0 saturated carbocycles. The Balaban J connectivity index is 1.63. The van der Waals surface area contributed by atoms with E-state index in [-0.39, 0.29) is 18.2 Å². The third kappa shape index (κ3) is 4.71. The van der Waals surface area contributed by atoms with E-state index >= 15 is 0 Å². The maximum absolute atomic E-state index is 12.2. The van der Waals surface area contributed by atoms with Crippen LogP contribution in [0.25, 0.3) is 10.7 Å². The summed E-state index contributed by atoms with van der Waals surface area (Å²) in [5.41, 5.74) is 2.75. The van der Waals surface area contributed by atoms with Crippen molar-refractivity contribution < 1.29 is 9.59 Å². The lowest BCUT2D eigenvalue weighted by atomic mass is 10.2. The molecular formula is C18H16N4O2S. The molecule has 25 heavy (non-hydrogen) atoms. The lowest BCUT2D eigenvalue weighted by Crippen LogP contribution is -2.15. The van der Waals surface area contributed by atoms with E-state index in [0.717, 1.165) is 10.7 Å². The van der Waals surface area contributed by atoms with Crippen molar-refractivity contribution in [1.29, 1.82) is 0 Å². The van der Waals surface area contributed by atoms with Gasteiger partial charge in [0.05, 0.1) is 17.8 Å². The second kappa shape index (κ2) is 7.67. The highest BCUT2D eigenvalue weighted by molar-refractivity contribution is 7.13. The number of carbonyl (C=O) groups is 2. The number of pyridine rings is 1. The Bertz CT molecular complexity index is 893. The molecular weight excluding hydrogens is 336 g/mol. The van der Waals surface area contributed by atoms with Gasteiger partial charge < -0.3 is 10.6 Å². The van der Waals surface area contributed by atoms with Gasteiger partial charge in [-0.15, -0.1) is 11.3 Å². The summed E-state index contributed by atoms with van der Waals surface area (Å²) in [5, 5.41) is 8.14. The highest BCUT2D eigenvalue weighted by Crippen LogP contribution is 2.22. The van der Waals surface area contributed by atoms with E-state index in [0.29, 0.717) is 17.1 Å². The Hall–Kier alpha value is -3.06. The topological polar surface area (TPSA) is 84.0 Å². The van der Waals surface area contributed by atoms with Crippen LogP contribution in [-0.2, 0) is 16.0 Å². The highest BCUT2D eigenvalue weighted by Gasteiger charge is 2.10. The van der Waals surface area contributed by atoms with Gasteiger partial charge in [0.2, 0.25) is 11.8 Å². The van der Waals surface area contributed by atoms with Crippen molar-refractivity contribution in [3.05, 3.63) is 59.7 Å². The van der Waals surface area contributed by atoms with E-state index in [9.17, 15) is 9.59 Å². The number of carbonyl (C=O) groups excluding carboxylic acids is 2. The molecule has 0 aliphatic heterocycles. The van der Waals surface area contributed by atoms with Crippen LogP contribution >= 0.6 is 11.3 Å². The van der Waals surface area contributed by atoms with Crippen molar-refractivity contribution >= 4 is 34.5 Å². The minimum atomic E-state index is -0.169. The number of thiazole rings is 1. The van der Waals surface area contributed by atoms with Crippen molar-refractivity contribution in [3.8, 4) is 10.7 Å². The van der Waals surface area contributed by atoms with E-state index in [1.807, 2.05) is 23.6 Å². The molecule has 3 rings (SSSR count). The van der Waals surface area contributed by atoms with E-state index in [2.05, 4.69) is 20.6 Å². The van der Waals surface area contributed by atoms with E-state index in [1.165, 1.54) is 18.3 Å². The summed E-state index contributed by atoms with van der Waals surface area (Å²) in [6, 6.07) is 12.6. The van der Waals surface area contributed by atoms with Crippen LogP contribution in [-0.4, -0.2) is 21.8 Å². The van der Waals surface area contributed by atoms with Gasteiger partial charge in [-0.3, -0.25) is 14.6 Å². The van der Waals surface area contributed by atoms with Gasteiger partial charge in [-0.1, -0.05) is 12.1 Å². The first-order valence-electron chi connectivity index (χ1n) is 7.63. The predicted molar refractivity (Wildman–Crippen MR) is 98.4 cm³/mol. The minimum absolute atomic E-state index is 0.159. The zero-order chi connectivity index (χ0) is 17.6. The summed E-state index contributed by atoms with van der Waals surface area (Å²) in [7, 11) is 0. The molecule has 2 amide bonds. The van der Waals surface area contributed by atoms with Crippen LogP contribution < -0.4 is 10.6 Å². The zero-order valence-corrected chi connectivity index (χ0v) is 14.3. The second-order valence-corrected chi connectivity index (χ2v) is 6.20. The summed E-state index contributed by atoms with van der Waals surface area (Å²) in [6.07, 6.45) is 1.89. The molecule has 3 aromatic rings. The molecule has 0 saturated heterocycles. The molecule has 0 bridgehead atoms. The van der Waals surface area contributed by atoms with Gasteiger partial charge in [-0.25, -0.2) is 4.98 Å². The van der Waals surface area contributed by atoms with Crippen LogP contribution in [0.4, 0.5) is 11.4 Å². The molecule has 1 aromatic carbocycles. The molecule has 6 nitrogen and oxygen atoms in total. The molecule has 7 heteroatoms. The fourth-order valence-electron chi connectivity index (χ4n) is 2.24. The van der Waals surface area contributed by atoms with Crippen LogP contribution in [0.1, 0.15) is 12.6 Å². The van der Waals surface area contributed by atoms with Crippen molar-refractivity contribution in [2.45, 2.75) is 13.3 Å². The van der Waals surface area contributed by atoms with Gasteiger partial charge >= 0.3 is 0 Å². The minimum Gasteiger partial charge on any atom is -0.326 e.